The fourth-order valence-corrected chi connectivity index (χ4v) is 2.01. The standard InChI is InChI=1S/C13H14BrNO4/c1-13(2)18-11(16)10(12(17)19-13)7-15-9-5-3-4-8(14)6-9/h3-7,11,15-16H,1-2H3/b10-7+. The van der Waals surface area contributed by atoms with Crippen LogP contribution in [0.5, 0.6) is 0 Å². The number of benzene rings is 1. The predicted octanol–water partition coefficient (Wildman–Crippen LogP) is 2.37. The highest BCUT2D eigenvalue weighted by Crippen LogP contribution is 2.25. The average molecular weight is 328 g/mol. The van der Waals surface area contributed by atoms with Gasteiger partial charge in [-0.3, -0.25) is 0 Å². The molecular weight excluding hydrogens is 314 g/mol. The van der Waals surface area contributed by atoms with Crippen molar-refractivity contribution in [2.75, 3.05) is 5.32 Å². The summed E-state index contributed by atoms with van der Waals surface area (Å²) in [6, 6.07) is 7.39. The van der Waals surface area contributed by atoms with Gasteiger partial charge in [-0.1, -0.05) is 22.0 Å². The Morgan fingerprint density at radius 2 is 2.21 bits per heavy atom. The Labute approximate surface area is 119 Å². The molecule has 1 unspecified atom stereocenters. The summed E-state index contributed by atoms with van der Waals surface area (Å²) in [7, 11) is 0. The number of halogens is 1. The quantitative estimate of drug-likeness (QED) is 0.644. The van der Waals surface area contributed by atoms with Crippen molar-refractivity contribution in [3.05, 3.63) is 40.5 Å². The number of rotatable bonds is 2. The summed E-state index contributed by atoms with van der Waals surface area (Å²) in [5.41, 5.74) is 0.797. The molecule has 1 aliphatic rings. The molecular formula is C13H14BrNO4. The molecule has 2 N–H and O–H groups in total. The Morgan fingerprint density at radius 1 is 1.47 bits per heavy atom. The van der Waals surface area contributed by atoms with Gasteiger partial charge in [0.05, 0.1) is 0 Å². The number of anilines is 1. The largest absolute Gasteiger partial charge is 0.430 e. The second kappa shape index (κ2) is 5.32. The van der Waals surface area contributed by atoms with E-state index in [1.807, 2.05) is 24.3 Å². The van der Waals surface area contributed by atoms with Crippen molar-refractivity contribution in [1.29, 1.82) is 0 Å². The molecule has 0 bridgehead atoms. The van der Waals surface area contributed by atoms with E-state index in [1.165, 1.54) is 6.20 Å². The van der Waals surface area contributed by atoms with Gasteiger partial charge in [0.25, 0.3) is 0 Å². The lowest BCUT2D eigenvalue weighted by Gasteiger charge is -2.33. The van der Waals surface area contributed by atoms with Gasteiger partial charge in [-0.05, 0) is 18.2 Å². The molecule has 6 heteroatoms. The van der Waals surface area contributed by atoms with Crippen molar-refractivity contribution in [3.63, 3.8) is 0 Å². The zero-order valence-electron chi connectivity index (χ0n) is 10.5. The minimum absolute atomic E-state index is 0.0271. The summed E-state index contributed by atoms with van der Waals surface area (Å²) in [6.07, 6.45) is 0.0696. The second-order valence-corrected chi connectivity index (χ2v) is 5.43. The van der Waals surface area contributed by atoms with Crippen molar-refractivity contribution < 1.29 is 19.4 Å². The first-order chi connectivity index (χ1) is 8.87. The number of carbonyl (C=O) groups excluding carboxylic acids is 1. The van der Waals surface area contributed by atoms with Crippen LogP contribution in [-0.4, -0.2) is 23.2 Å². The third-order valence-electron chi connectivity index (χ3n) is 2.45. The minimum Gasteiger partial charge on any atom is -0.430 e. The number of aliphatic hydroxyl groups excluding tert-OH is 1. The third kappa shape index (κ3) is 3.56. The Bertz CT molecular complexity index is 527. The van der Waals surface area contributed by atoms with E-state index in [2.05, 4.69) is 21.2 Å². The molecule has 1 aromatic rings. The molecule has 5 nitrogen and oxygen atoms in total. The predicted molar refractivity (Wildman–Crippen MR) is 73.1 cm³/mol. The number of nitrogens with one attached hydrogen (secondary N) is 1. The van der Waals surface area contributed by atoms with Crippen LogP contribution in [0, 0.1) is 0 Å². The maximum atomic E-state index is 11.7. The van der Waals surface area contributed by atoms with Crippen LogP contribution in [0.25, 0.3) is 0 Å². The number of aliphatic hydroxyl groups is 1. The Hall–Kier alpha value is -1.37. The summed E-state index contributed by atoms with van der Waals surface area (Å²) in [5.74, 6) is -1.73. The van der Waals surface area contributed by atoms with Gasteiger partial charge in [0.15, 0.2) is 6.29 Å². The molecule has 1 atom stereocenters. The van der Waals surface area contributed by atoms with Crippen LogP contribution in [0.15, 0.2) is 40.5 Å². The summed E-state index contributed by atoms with van der Waals surface area (Å²) < 4.78 is 11.1. The zero-order valence-corrected chi connectivity index (χ0v) is 12.1. The first-order valence-corrected chi connectivity index (χ1v) is 6.48. The smallest absolute Gasteiger partial charge is 0.343 e. The fraction of sp³-hybridized carbons (Fsp3) is 0.308. The van der Waals surface area contributed by atoms with Gasteiger partial charge in [0.1, 0.15) is 5.57 Å². The molecule has 0 radical (unpaired) electrons. The lowest BCUT2D eigenvalue weighted by atomic mass is 10.2. The second-order valence-electron chi connectivity index (χ2n) is 4.51. The van der Waals surface area contributed by atoms with Crippen LogP contribution < -0.4 is 5.32 Å². The van der Waals surface area contributed by atoms with E-state index in [1.54, 1.807) is 13.8 Å². The highest BCUT2D eigenvalue weighted by molar-refractivity contribution is 9.10. The Morgan fingerprint density at radius 3 is 2.84 bits per heavy atom. The topological polar surface area (TPSA) is 67.8 Å². The minimum atomic E-state index is -1.31. The lowest BCUT2D eigenvalue weighted by Crippen LogP contribution is -2.44. The molecule has 0 aromatic heterocycles. The number of cyclic esters (lactones) is 1. The molecule has 0 saturated carbocycles. The number of carbonyl (C=O) groups is 1. The lowest BCUT2D eigenvalue weighted by molar-refractivity contribution is -0.279. The summed E-state index contributed by atoms with van der Waals surface area (Å²) in [6.45, 7) is 3.12. The average Bonchev–Trinajstić information content (AvgIpc) is 2.26. The summed E-state index contributed by atoms with van der Waals surface area (Å²) in [5, 5.41) is 12.7. The van der Waals surface area contributed by atoms with Crippen LogP contribution in [0.2, 0.25) is 0 Å². The molecule has 2 rings (SSSR count). The van der Waals surface area contributed by atoms with Crippen molar-refractivity contribution >= 4 is 27.6 Å². The van der Waals surface area contributed by atoms with Gasteiger partial charge >= 0.3 is 5.97 Å². The Kier molecular flexibility index (Phi) is 3.93. The Balaban J connectivity index is 2.13. The van der Waals surface area contributed by atoms with Crippen LogP contribution in [0.4, 0.5) is 5.69 Å². The molecule has 0 aliphatic carbocycles. The van der Waals surface area contributed by atoms with E-state index in [0.29, 0.717) is 0 Å². The monoisotopic (exact) mass is 327 g/mol. The first-order valence-electron chi connectivity index (χ1n) is 5.69. The SMILES string of the molecule is CC1(C)OC(=O)/C(=C/Nc2cccc(Br)c2)C(O)O1. The van der Waals surface area contributed by atoms with E-state index in [9.17, 15) is 9.90 Å². The number of hydrogen-bond donors (Lipinski definition) is 2. The van der Waals surface area contributed by atoms with E-state index >= 15 is 0 Å². The normalized spacial score (nSPS) is 24.1. The van der Waals surface area contributed by atoms with Crippen molar-refractivity contribution in [2.45, 2.75) is 25.9 Å². The van der Waals surface area contributed by atoms with Gasteiger partial charge in [-0.15, -0.1) is 0 Å². The van der Waals surface area contributed by atoms with Gasteiger partial charge < -0.3 is 19.9 Å². The maximum Gasteiger partial charge on any atom is 0.343 e. The van der Waals surface area contributed by atoms with Crippen LogP contribution >= 0.6 is 15.9 Å². The van der Waals surface area contributed by atoms with Crippen molar-refractivity contribution in [1.82, 2.24) is 0 Å². The molecule has 1 saturated heterocycles. The molecule has 0 amide bonds. The number of esters is 1. The van der Waals surface area contributed by atoms with Gasteiger partial charge in [0, 0.05) is 30.2 Å². The molecule has 19 heavy (non-hydrogen) atoms. The van der Waals surface area contributed by atoms with E-state index < -0.39 is 18.0 Å². The van der Waals surface area contributed by atoms with Crippen molar-refractivity contribution in [3.8, 4) is 0 Å². The highest BCUT2D eigenvalue weighted by atomic mass is 79.9. The fourth-order valence-electron chi connectivity index (χ4n) is 1.61. The van der Waals surface area contributed by atoms with E-state index in [0.717, 1.165) is 10.2 Å². The molecule has 0 spiro atoms. The summed E-state index contributed by atoms with van der Waals surface area (Å²) in [4.78, 5) is 11.7. The zero-order chi connectivity index (χ0) is 14.0. The van der Waals surface area contributed by atoms with E-state index in [-0.39, 0.29) is 5.57 Å². The molecule has 1 heterocycles. The molecule has 1 aliphatic heterocycles. The van der Waals surface area contributed by atoms with E-state index in [4.69, 9.17) is 9.47 Å². The number of ether oxygens (including phenoxy) is 2. The molecule has 1 aromatic carbocycles. The van der Waals surface area contributed by atoms with Gasteiger partial charge in [0.2, 0.25) is 5.79 Å². The van der Waals surface area contributed by atoms with Crippen LogP contribution in [-0.2, 0) is 14.3 Å². The van der Waals surface area contributed by atoms with Gasteiger partial charge in [-0.2, -0.15) is 0 Å². The first kappa shape index (κ1) is 14.0. The number of hydrogen-bond acceptors (Lipinski definition) is 5. The third-order valence-corrected chi connectivity index (χ3v) is 2.95. The van der Waals surface area contributed by atoms with Crippen LogP contribution in [0.3, 0.4) is 0 Å². The summed E-state index contributed by atoms with van der Waals surface area (Å²) >= 11 is 3.34. The van der Waals surface area contributed by atoms with Gasteiger partial charge in [-0.25, -0.2) is 4.79 Å². The van der Waals surface area contributed by atoms with Crippen LogP contribution in [0.1, 0.15) is 13.8 Å². The highest BCUT2D eigenvalue weighted by Gasteiger charge is 2.38. The molecule has 102 valence electrons. The molecule has 1 fully saturated rings. The van der Waals surface area contributed by atoms with Crippen molar-refractivity contribution in [2.24, 2.45) is 0 Å². The maximum absolute atomic E-state index is 11.7.